The van der Waals surface area contributed by atoms with Crippen LogP contribution in [0.15, 0.2) is 66.7 Å². The summed E-state index contributed by atoms with van der Waals surface area (Å²) < 4.78 is 15.0. The van der Waals surface area contributed by atoms with Crippen molar-refractivity contribution in [1.29, 1.82) is 0 Å². The lowest BCUT2D eigenvalue weighted by Crippen LogP contribution is -2.38. The number of hydrogen-bond donors (Lipinski definition) is 1. The summed E-state index contributed by atoms with van der Waals surface area (Å²) in [6.07, 6.45) is 0. The highest BCUT2D eigenvalue weighted by Gasteiger charge is 2.26. The standard InChI is InChI=1S/C31H36IN5O3/c1-22-9-11-23(12-10-22)37-29(21-28(34-37)31(2,3)4)36(32)30(38)33-26-13-14-27(25-8-6-5-7-24(25)26)40-20-17-35-15-18-39-19-16-35/h5-14,21H,15-20H2,1-4H3,(H,33,38). The van der Waals surface area contributed by atoms with Gasteiger partial charge in [-0.05, 0) is 31.2 Å². The summed E-state index contributed by atoms with van der Waals surface area (Å²) in [7, 11) is 0. The van der Waals surface area contributed by atoms with E-state index < -0.39 is 0 Å². The van der Waals surface area contributed by atoms with Crippen molar-refractivity contribution in [3.05, 3.63) is 78.0 Å². The van der Waals surface area contributed by atoms with Crippen LogP contribution in [0.2, 0.25) is 0 Å². The Morgan fingerprint density at radius 2 is 1.75 bits per heavy atom. The van der Waals surface area contributed by atoms with E-state index in [1.807, 2.05) is 71.4 Å². The number of rotatable bonds is 7. The predicted molar refractivity (Wildman–Crippen MR) is 169 cm³/mol. The number of benzene rings is 3. The minimum Gasteiger partial charge on any atom is -0.492 e. The Bertz CT molecular complexity index is 1470. The van der Waals surface area contributed by atoms with Gasteiger partial charge in [-0.3, -0.25) is 4.90 Å². The molecule has 5 rings (SSSR count). The second kappa shape index (κ2) is 12.2. The lowest BCUT2D eigenvalue weighted by molar-refractivity contribution is 0.0323. The van der Waals surface area contributed by atoms with Gasteiger partial charge in [0.05, 0.1) is 53.1 Å². The lowest BCUT2D eigenvalue weighted by atomic mass is 9.92. The zero-order valence-electron chi connectivity index (χ0n) is 23.5. The quantitative estimate of drug-likeness (QED) is 0.177. The first-order valence-corrected chi connectivity index (χ1v) is 14.6. The van der Waals surface area contributed by atoms with E-state index in [2.05, 4.69) is 60.8 Å². The molecule has 4 aromatic rings. The van der Waals surface area contributed by atoms with Crippen LogP contribution in [0.5, 0.6) is 5.75 Å². The van der Waals surface area contributed by atoms with Crippen LogP contribution in [0.3, 0.4) is 0 Å². The molecule has 1 N–H and O–H groups in total. The first-order chi connectivity index (χ1) is 19.2. The third-order valence-corrected chi connectivity index (χ3v) is 7.94. The number of halogens is 1. The van der Waals surface area contributed by atoms with Crippen molar-refractivity contribution in [2.45, 2.75) is 33.1 Å². The third-order valence-electron chi connectivity index (χ3n) is 7.01. The number of anilines is 2. The number of carbonyl (C=O) groups excluding carboxylic acids is 1. The van der Waals surface area contributed by atoms with Gasteiger partial charge in [0.25, 0.3) is 0 Å². The first kappa shape index (κ1) is 28.4. The van der Waals surface area contributed by atoms with Crippen molar-refractivity contribution in [2.75, 3.05) is 47.9 Å². The molecule has 2 amide bonds. The van der Waals surface area contributed by atoms with Crippen LogP contribution in [-0.2, 0) is 10.2 Å². The summed E-state index contributed by atoms with van der Waals surface area (Å²) in [5.41, 5.74) is 3.52. The summed E-state index contributed by atoms with van der Waals surface area (Å²) in [6, 6.07) is 21.7. The number of ether oxygens (including phenoxy) is 2. The SMILES string of the molecule is Cc1ccc(-n2nc(C(C)(C)C)cc2N(I)C(=O)Nc2ccc(OCCN3CCOCC3)c3ccccc23)cc1. The van der Waals surface area contributed by atoms with E-state index in [1.165, 1.54) is 0 Å². The van der Waals surface area contributed by atoms with Crippen LogP contribution < -0.4 is 13.2 Å². The minimum absolute atomic E-state index is 0.174. The topological polar surface area (TPSA) is 71.9 Å². The zero-order chi connectivity index (χ0) is 28.3. The van der Waals surface area contributed by atoms with Gasteiger partial charge in [-0.2, -0.15) is 5.10 Å². The van der Waals surface area contributed by atoms with Crippen molar-refractivity contribution in [3.8, 4) is 11.4 Å². The van der Waals surface area contributed by atoms with Crippen LogP contribution in [0, 0.1) is 6.92 Å². The van der Waals surface area contributed by atoms with Crippen molar-refractivity contribution >= 4 is 51.2 Å². The average molecular weight is 654 g/mol. The molecule has 2 heterocycles. The van der Waals surface area contributed by atoms with Gasteiger partial charge in [0.15, 0.2) is 0 Å². The van der Waals surface area contributed by atoms with Crippen molar-refractivity contribution in [3.63, 3.8) is 0 Å². The molecule has 0 atom stereocenters. The van der Waals surface area contributed by atoms with E-state index in [0.717, 1.165) is 72.0 Å². The number of aromatic nitrogens is 2. The molecule has 0 spiro atoms. The second-order valence-corrected chi connectivity index (χ2v) is 12.0. The largest absolute Gasteiger partial charge is 0.492 e. The summed E-state index contributed by atoms with van der Waals surface area (Å²) >= 11 is 2.05. The maximum atomic E-state index is 13.6. The van der Waals surface area contributed by atoms with Crippen molar-refractivity contribution in [2.24, 2.45) is 0 Å². The molecule has 40 heavy (non-hydrogen) atoms. The predicted octanol–water partition coefficient (Wildman–Crippen LogP) is 6.73. The molecule has 1 aliphatic rings. The van der Waals surface area contributed by atoms with E-state index in [0.29, 0.717) is 12.4 Å². The summed E-state index contributed by atoms with van der Waals surface area (Å²) in [5, 5.41) is 9.88. The number of urea groups is 1. The molecular weight excluding hydrogens is 617 g/mol. The molecule has 1 saturated heterocycles. The molecule has 0 saturated carbocycles. The van der Waals surface area contributed by atoms with Gasteiger partial charge >= 0.3 is 6.03 Å². The number of amides is 2. The summed E-state index contributed by atoms with van der Waals surface area (Å²) in [5.74, 6) is 1.49. The molecule has 8 nitrogen and oxygen atoms in total. The zero-order valence-corrected chi connectivity index (χ0v) is 25.6. The molecule has 0 bridgehead atoms. The Kier molecular flexibility index (Phi) is 8.62. The highest BCUT2D eigenvalue weighted by atomic mass is 127. The normalized spacial score (nSPS) is 14.3. The number of carbonyl (C=O) groups is 1. The molecule has 1 aliphatic heterocycles. The van der Waals surface area contributed by atoms with E-state index in [-0.39, 0.29) is 11.4 Å². The molecule has 210 valence electrons. The maximum absolute atomic E-state index is 13.6. The van der Waals surface area contributed by atoms with Gasteiger partial charge in [0.1, 0.15) is 18.2 Å². The van der Waals surface area contributed by atoms with E-state index in [9.17, 15) is 4.79 Å². The fraction of sp³-hybridized carbons (Fsp3) is 0.355. The molecule has 0 radical (unpaired) electrons. The fourth-order valence-corrected chi connectivity index (χ4v) is 5.10. The molecule has 0 aliphatic carbocycles. The van der Waals surface area contributed by atoms with Crippen molar-refractivity contribution < 1.29 is 14.3 Å². The molecule has 3 aromatic carbocycles. The number of nitrogens with zero attached hydrogens (tertiary/aromatic N) is 4. The fourth-order valence-electron chi connectivity index (χ4n) is 4.64. The van der Waals surface area contributed by atoms with E-state index in [4.69, 9.17) is 14.6 Å². The minimum atomic E-state index is -0.263. The lowest BCUT2D eigenvalue weighted by Gasteiger charge is -2.26. The third kappa shape index (κ3) is 6.42. The number of fused-ring (bicyclic) bond motifs is 1. The van der Waals surface area contributed by atoms with Crippen LogP contribution in [0.1, 0.15) is 32.0 Å². The molecule has 1 aromatic heterocycles. The van der Waals surface area contributed by atoms with Gasteiger partial charge in [-0.15, -0.1) is 0 Å². The molecule has 9 heteroatoms. The van der Waals surface area contributed by atoms with Gasteiger partial charge in [0, 0.05) is 41.9 Å². The van der Waals surface area contributed by atoms with E-state index >= 15 is 0 Å². The Balaban J connectivity index is 1.37. The second-order valence-electron chi connectivity index (χ2n) is 11.1. The van der Waals surface area contributed by atoms with Gasteiger partial charge in [0.2, 0.25) is 0 Å². The number of hydrogen-bond acceptors (Lipinski definition) is 5. The Hall–Kier alpha value is -3.15. The van der Waals surface area contributed by atoms with Gasteiger partial charge in [-0.1, -0.05) is 62.7 Å². The van der Waals surface area contributed by atoms with Crippen LogP contribution in [0.4, 0.5) is 16.3 Å². The Morgan fingerprint density at radius 3 is 2.45 bits per heavy atom. The number of morpholine rings is 1. The summed E-state index contributed by atoms with van der Waals surface area (Å²) in [4.78, 5) is 16.0. The molecule has 0 unspecified atom stereocenters. The van der Waals surface area contributed by atoms with Gasteiger partial charge in [-0.25, -0.2) is 12.6 Å². The Morgan fingerprint density at radius 1 is 1.05 bits per heavy atom. The Labute approximate surface area is 249 Å². The van der Waals surface area contributed by atoms with E-state index in [1.54, 1.807) is 3.11 Å². The maximum Gasteiger partial charge on any atom is 0.336 e. The van der Waals surface area contributed by atoms with Crippen molar-refractivity contribution in [1.82, 2.24) is 14.7 Å². The van der Waals surface area contributed by atoms with Crippen LogP contribution in [0.25, 0.3) is 16.5 Å². The average Bonchev–Trinajstić information content (AvgIpc) is 3.41. The highest BCUT2D eigenvalue weighted by molar-refractivity contribution is 14.1. The highest BCUT2D eigenvalue weighted by Crippen LogP contribution is 2.34. The number of nitrogens with one attached hydrogen (secondary N) is 1. The first-order valence-electron chi connectivity index (χ1n) is 13.6. The molecule has 1 fully saturated rings. The van der Waals surface area contributed by atoms with Crippen LogP contribution in [-0.4, -0.2) is 60.2 Å². The van der Waals surface area contributed by atoms with Gasteiger partial charge < -0.3 is 14.8 Å². The smallest absolute Gasteiger partial charge is 0.336 e. The number of aryl methyl sites for hydroxylation is 1. The summed E-state index contributed by atoms with van der Waals surface area (Å²) in [6.45, 7) is 13.3. The molecular formula is C31H36IN5O3. The van der Waals surface area contributed by atoms with Crippen LogP contribution >= 0.6 is 22.9 Å². The monoisotopic (exact) mass is 653 g/mol.